The van der Waals surface area contributed by atoms with E-state index in [2.05, 4.69) is 0 Å². The molecule has 2 aromatic carbocycles. The Morgan fingerprint density at radius 2 is 1.76 bits per heavy atom. The number of carboxylic acids is 1. The third kappa shape index (κ3) is 4.27. The van der Waals surface area contributed by atoms with Crippen LogP contribution >= 0.6 is 0 Å². The van der Waals surface area contributed by atoms with Gasteiger partial charge in [-0.15, -0.1) is 0 Å². The minimum atomic E-state index is -3.81. The molecule has 25 heavy (non-hydrogen) atoms. The van der Waals surface area contributed by atoms with Crippen LogP contribution in [0.2, 0.25) is 0 Å². The Hall–Kier alpha value is -2.18. The Morgan fingerprint density at radius 1 is 1.12 bits per heavy atom. The van der Waals surface area contributed by atoms with Crippen molar-refractivity contribution in [2.24, 2.45) is 0 Å². The van der Waals surface area contributed by atoms with Crippen molar-refractivity contribution in [2.45, 2.75) is 44.7 Å². The van der Waals surface area contributed by atoms with E-state index in [1.165, 1.54) is 16.4 Å². The lowest BCUT2D eigenvalue weighted by Gasteiger charge is -2.26. The summed E-state index contributed by atoms with van der Waals surface area (Å²) in [6.07, 6.45) is 0.528. The van der Waals surface area contributed by atoms with Crippen molar-refractivity contribution in [3.8, 4) is 0 Å². The van der Waals surface area contributed by atoms with E-state index >= 15 is 0 Å². The lowest BCUT2D eigenvalue weighted by atomic mass is 10.1. The second kappa shape index (κ2) is 7.80. The van der Waals surface area contributed by atoms with Crippen LogP contribution in [0.15, 0.2) is 53.4 Å². The monoisotopic (exact) mass is 361 g/mol. The van der Waals surface area contributed by atoms with Gasteiger partial charge in [0.05, 0.1) is 10.5 Å². The molecule has 0 unspecified atom stereocenters. The Bertz CT molecular complexity index is 845. The first-order valence-electron chi connectivity index (χ1n) is 8.19. The van der Waals surface area contributed by atoms with Gasteiger partial charge in [0.25, 0.3) is 0 Å². The van der Waals surface area contributed by atoms with Crippen LogP contribution in [0.1, 0.15) is 42.3 Å². The zero-order valence-electron chi connectivity index (χ0n) is 14.6. The summed E-state index contributed by atoms with van der Waals surface area (Å²) < 4.78 is 27.6. The summed E-state index contributed by atoms with van der Waals surface area (Å²) in [7, 11) is -3.81. The first-order valence-corrected chi connectivity index (χ1v) is 9.63. The summed E-state index contributed by atoms with van der Waals surface area (Å²) in [4.78, 5) is 11.5. The molecule has 0 radical (unpaired) electrons. The van der Waals surface area contributed by atoms with Crippen LogP contribution in [-0.2, 0) is 23.0 Å². The molecule has 5 nitrogen and oxygen atoms in total. The topological polar surface area (TPSA) is 74.7 Å². The smallest absolute Gasteiger partial charge is 0.336 e. The van der Waals surface area contributed by atoms with Gasteiger partial charge in [0, 0.05) is 12.6 Å². The van der Waals surface area contributed by atoms with Gasteiger partial charge in [0.1, 0.15) is 0 Å². The zero-order chi connectivity index (χ0) is 18.6. The van der Waals surface area contributed by atoms with E-state index in [4.69, 9.17) is 0 Å². The molecule has 0 aliphatic carbocycles. The van der Waals surface area contributed by atoms with Gasteiger partial charge in [0.15, 0.2) is 0 Å². The second-order valence-electron chi connectivity index (χ2n) is 6.11. The van der Waals surface area contributed by atoms with Crippen molar-refractivity contribution in [2.75, 3.05) is 0 Å². The molecule has 0 atom stereocenters. The van der Waals surface area contributed by atoms with E-state index < -0.39 is 16.0 Å². The number of sulfonamides is 1. The molecule has 0 bridgehead atoms. The predicted octanol–water partition coefficient (Wildman–Crippen LogP) is 3.55. The van der Waals surface area contributed by atoms with Crippen molar-refractivity contribution in [1.29, 1.82) is 0 Å². The van der Waals surface area contributed by atoms with Gasteiger partial charge >= 0.3 is 5.97 Å². The van der Waals surface area contributed by atoms with Gasteiger partial charge in [-0.3, -0.25) is 0 Å². The predicted molar refractivity (Wildman–Crippen MR) is 97.1 cm³/mol. The fourth-order valence-electron chi connectivity index (χ4n) is 2.67. The fraction of sp³-hybridized carbons (Fsp3) is 0.316. The summed E-state index contributed by atoms with van der Waals surface area (Å²) in [5.41, 5.74) is 1.53. The number of aromatic carboxylic acids is 1. The molecule has 0 aliphatic rings. The van der Waals surface area contributed by atoms with Gasteiger partial charge in [-0.25, -0.2) is 13.2 Å². The second-order valence-corrected chi connectivity index (χ2v) is 8.00. The molecule has 0 aromatic heterocycles. The third-order valence-electron chi connectivity index (χ3n) is 4.06. The van der Waals surface area contributed by atoms with Crippen molar-refractivity contribution in [3.63, 3.8) is 0 Å². The van der Waals surface area contributed by atoms with Crippen LogP contribution in [0.5, 0.6) is 0 Å². The van der Waals surface area contributed by atoms with Crippen LogP contribution < -0.4 is 0 Å². The molecule has 0 fully saturated rings. The normalized spacial score (nSPS) is 11.9. The van der Waals surface area contributed by atoms with Crippen molar-refractivity contribution >= 4 is 16.0 Å². The van der Waals surface area contributed by atoms with Crippen LogP contribution in [0.4, 0.5) is 0 Å². The summed E-state index contributed by atoms with van der Waals surface area (Å²) in [5.74, 6) is -1.12. The lowest BCUT2D eigenvalue weighted by molar-refractivity contribution is 0.0695. The van der Waals surface area contributed by atoms with Gasteiger partial charge in [0.2, 0.25) is 10.0 Å². The van der Waals surface area contributed by atoms with Gasteiger partial charge < -0.3 is 5.11 Å². The fourth-order valence-corrected chi connectivity index (χ4v) is 4.32. The molecule has 0 amide bonds. The SMILES string of the molecule is CCc1ccc(S(=O)(=O)N(Cc2ccccc2)C(C)C)cc1C(=O)O. The maximum atomic E-state index is 13.1. The number of rotatable bonds is 7. The maximum absolute atomic E-state index is 13.1. The third-order valence-corrected chi connectivity index (χ3v) is 6.07. The number of hydrogen-bond acceptors (Lipinski definition) is 3. The van der Waals surface area contributed by atoms with E-state index in [9.17, 15) is 18.3 Å². The van der Waals surface area contributed by atoms with Crippen LogP contribution in [-0.4, -0.2) is 29.8 Å². The summed E-state index contributed by atoms with van der Waals surface area (Å²) in [6, 6.07) is 13.4. The number of aryl methyl sites for hydroxylation is 1. The molecular formula is C19H23NO4S. The molecule has 134 valence electrons. The average molecular weight is 361 g/mol. The van der Waals surface area contributed by atoms with Crippen molar-refractivity contribution in [1.82, 2.24) is 4.31 Å². The molecule has 0 heterocycles. The first kappa shape index (κ1) is 19.1. The number of benzene rings is 2. The Labute approximate surface area is 149 Å². The Balaban J connectivity index is 2.47. The van der Waals surface area contributed by atoms with Crippen LogP contribution in [0.3, 0.4) is 0 Å². The molecule has 0 saturated heterocycles. The average Bonchev–Trinajstić information content (AvgIpc) is 2.59. The van der Waals surface area contributed by atoms with E-state index in [0.717, 1.165) is 5.56 Å². The van der Waals surface area contributed by atoms with E-state index in [-0.39, 0.29) is 23.0 Å². The Kier molecular flexibility index (Phi) is 5.98. The van der Waals surface area contributed by atoms with Crippen molar-refractivity contribution in [3.05, 3.63) is 65.2 Å². The first-order chi connectivity index (χ1) is 11.8. The van der Waals surface area contributed by atoms with Gasteiger partial charge in [-0.05, 0) is 43.5 Å². The van der Waals surface area contributed by atoms with Gasteiger partial charge in [-0.2, -0.15) is 4.31 Å². The quantitative estimate of drug-likeness (QED) is 0.818. The molecule has 2 rings (SSSR count). The standard InChI is InChI=1S/C19H23NO4S/c1-4-16-10-11-17(12-18(16)19(21)22)25(23,24)20(14(2)3)13-15-8-6-5-7-9-15/h5-12,14H,4,13H2,1-3H3,(H,21,22). The summed E-state index contributed by atoms with van der Waals surface area (Å²) in [6.45, 7) is 5.68. The molecule has 0 spiro atoms. The highest BCUT2D eigenvalue weighted by Gasteiger charge is 2.28. The number of nitrogens with zero attached hydrogens (tertiary/aromatic N) is 1. The number of hydrogen-bond donors (Lipinski definition) is 1. The van der Waals surface area contributed by atoms with Crippen molar-refractivity contribution < 1.29 is 18.3 Å². The molecule has 0 saturated carbocycles. The minimum absolute atomic E-state index is 0.00623. The Morgan fingerprint density at radius 3 is 2.28 bits per heavy atom. The van der Waals surface area contributed by atoms with Gasteiger partial charge in [-0.1, -0.05) is 43.3 Å². The largest absolute Gasteiger partial charge is 0.478 e. The number of carboxylic acid groups (broad SMARTS) is 1. The zero-order valence-corrected chi connectivity index (χ0v) is 15.5. The van der Waals surface area contributed by atoms with Crippen LogP contribution in [0.25, 0.3) is 0 Å². The lowest BCUT2D eigenvalue weighted by Crippen LogP contribution is -2.36. The summed E-state index contributed by atoms with van der Waals surface area (Å²) in [5, 5.41) is 9.36. The van der Waals surface area contributed by atoms with Crippen LogP contribution in [0, 0.1) is 0 Å². The molecular weight excluding hydrogens is 338 g/mol. The minimum Gasteiger partial charge on any atom is -0.478 e. The molecule has 2 aromatic rings. The highest BCUT2D eigenvalue weighted by Crippen LogP contribution is 2.24. The highest BCUT2D eigenvalue weighted by atomic mass is 32.2. The molecule has 0 aliphatic heterocycles. The molecule has 1 N–H and O–H groups in total. The van der Waals surface area contributed by atoms with E-state index in [1.807, 2.05) is 37.3 Å². The number of carbonyl (C=O) groups is 1. The van der Waals surface area contributed by atoms with E-state index in [0.29, 0.717) is 12.0 Å². The van der Waals surface area contributed by atoms with E-state index in [1.54, 1.807) is 19.9 Å². The summed E-state index contributed by atoms with van der Waals surface area (Å²) >= 11 is 0. The maximum Gasteiger partial charge on any atom is 0.336 e. The highest BCUT2D eigenvalue weighted by molar-refractivity contribution is 7.89. The molecule has 6 heteroatoms.